The molecule has 1 N–H and O–H groups in total. The highest BCUT2D eigenvalue weighted by atomic mass is 32.2. The number of ether oxygens (including phenoxy) is 1. The maximum absolute atomic E-state index is 14.1. The van der Waals surface area contributed by atoms with Crippen molar-refractivity contribution in [3.8, 4) is 0 Å². The van der Waals surface area contributed by atoms with E-state index < -0.39 is 27.0 Å². The first-order valence-electron chi connectivity index (χ1n) is 4.58. The summed E-state index contributed by atoms with van der Waals surface area (Å²) in [5.41, 5.74) is 0. The molecule has 7 heteroatoms. The molecule has 1 rings (SSSR count). The average molecular weight is 240 g/mol. The first-order chi connectivity index (χ1) is 6.84. The second kappa shape index (κ2) is 4.05. The highest BCUT2D eigenvalue weighted by Crippen LogP contribution is 2.40. The predicted molar refractivity (Wildman–Crippen MR) is 49.4 cm³/mol. The Bertz CT molecular complexity index is 346. The molecule has 0 saturated heterocycles. The van der Waals surface area contributed by atoms with Crippen LogP contribution in [0, 0.1) is 5.92 Å². The topological polar surface area (TPSA) is 80.7 Å². The lowest BCUT2D eigenvalue weighted by atomic mass is 10.0. The fourth-order valence-corrected chi connectivity index (χ4v) is 2.87. The number of esters is 1. The molecule has 1 aliphatic rings. The monoisotopic (exact) mass is 240 g/mol. The second-order valence-electron chi connectivity index (χ2n) is 3.59. The van der Waals surface area contributed by atoms with Crippen LogP contribution in [-0.4, -0.2) is 31.1 Å². The van der Waals surface area contributed by atoms with Crippen molar-refractivity contribution in [2.45, 2.75) is 30.7 Å². The van der Waals surface area contributed by atoms with E-state index in [0.717, 1.165) is 7.11 Å². The van der Waals surface area contributed by atoms with E-state index in [1.807, 2.05) is 0 Å². The highest BCUT2D eigenvalue weighted by molar-refractivity contribution is 7.87. The third kappa shape index (κ3) is 1.98. The molecule has 0 aromatic heterocycles. The molecule has 88 valence electrons. The van der Waals surface area contributed by atoms with Crippen LogP contribution in [0.2, 0.25) is 0 Å². The number of hydrogen-bond donors (Lipinski definition) is 1. The van der Waals surface area contributed by atoms with Gasteiger partial charge in [-0.3, -0.25) is 4.55 Å². The lowest BCUT2D eigenvalue weighted by Crippen LogP contribution is -2.48. The van der Waals surface area contributed by atoms with Gasteiger partial charge in [0, 0.05) is 5.92 Å². The Morgan fingerprint density at radius 1 is 1.47 bits per heavy atom. The summed E-state index contributed by atoms with van der Waals surface area (Å²) in [5.74, 6) is -2.56. The van der Waals surface area contributed by atoms with Crippen LogP contribution in [-0.2, 0) is 19.6 Å². The summed E-state index contributed by atoms with van der Waals surface area (Å²) >= 11 is 0. The van der Waals surface area contributed by atoms with Crippen LogP contribution in [0.1, 0.15) is 25.7 Å². The lowest BCUT2D eigenvalue weighted by molar-refractivity contribution is -0.152. The Morgan fingerprint density at radius 2 is 1.93 bits per heavy atom. The van der Waals surface area contributed by atoms with Gasteiger partial charge < -0.3 is 4.74 Å². The Balaban J connectivity index is 3.11. The molecule has 0 radical (unpaired) electrons. The van der Waals surface area contributed by atoms with E-state index in [1.54, 1.807) is 0 Å². The van der Waals surface area contributed by atoms with Gasteiger partial charge >= 0.3 is 21.1 Å². The van der Waals surface area contributed by atoms with Crippen molar-refractivity contribution in [2.24, 2.45) is 5.92 Å². The van der Waals surface area contributed by atoms with Crippen LogP contribution in [0.25, 0.3) is 0 Å². The minimum absolute atomic E-state index is 0.255. The molecule has 0 aromatic rings. The minimum Gasteiger partial charge on any atom is -0.466 e. The van der Waals surface area contributed by atoms with Crippen LogP contribution in [0.5, 0.6) is 0 Å². The minimum atomic E-state index is -5.10. The van der Waals surface area contributed by atoms with E-state index in [1.165, 1.54) is 0 Å². The van der Waals surface area contributed by atoms with Crippen LogP contribution in [0.3, 0.4) is 0 Å². The maximum Gasteiger partial charge on any atom is 0.362 e. The van der Waals surface area contributed by atoms with E-state index in [4.69, 9.17) is 4.55 Å². The molecule has 5 nitrogen and oxygen atoms in total. The Labute approximate surface area is 87.4 Å². The lowest BCUT2D eigenvalue weighted by Gasteiger charge is -2.24. The summed E-state index contributed by atoms with van der Waals surface area (Å²) in [6.45, 7) is 0. The SMILES string of the molecule is COC(=O)C(F)(C1CCCC1)S(=O)(=O)O. The maximum atomic E-state index is 14.1. The summed E-state index contributed by atoms with van der Waals surface area (Å²) in [4.78, 5) is 11.1. The highest BCUT2D eigenvalue weighted by Gasteiger charge is 2.58. The molecule has 0 heterocycles. The molecule has 0 aliphatic heterocycles. The van der Waals surface area contributed by atoms with Gasteiger partial charge in [0.25, 0.3) is 0 Å². The van der Waals surface area contributed by atoms with Crippen molar-refractivity contribution in [1.29, 1.82) is 0 Å². The Morgan fingerprint density at radius 3 is 2.27 bits per heavy atom. The molecule has 0 aromatic carbocycles. The van der Waals surface area contributed by atoms with Crippen LogP contribution < -0.4 is 0 Å². The molecule has 1 unspecified atom stereocenters. The van der Waals surface area contributed by atoms with Gasteiger partial charge in [-0.25, -0.2) is 9.18 Å². The molecule has 1 saturated carbocycles. The van der Waals surface area contributed by atoms with Gasteiger partial charge in [0.15, 0.2) is 0 Å². The summed E-state index contributed by atoms with van der Waals surface area (Å²) in [7, 11) is -4.21. The number of rotatable bonds is 3. The first-order valence-corrected chi connectivity index (χ1v) is 6.02. The second-order valence-corrected chi connectivity index (χ2v) is 5.14. The van der Waals surface area contributed by atoms with E-state index in [0.29, 0.717) is 12.8 Å². The number of methoxy groups -OCH3 is 1. The van der Waals surface area contributed by atoms with Gasteiger partial charge in [-0.1, -0.05) is 12.8 Å². The van der Waals surface area contributed by atoms with Gasteiger partial charge in [-0.15, -0.1) is 0 Å². The van der Waals surface area contributed by atoms with Crippen molar-refractivity contribution in [2.75, 3.05) is 7.11 Å². The quantitative estimate of drug-likeness (QED) is 0.585. The van der Waals surface area contributed by atoms with Gasteiger partial charge in [-0.05, 0) is 12.8 Å². The molecule has 0 spiro atoms. The fraction of sp³-hybridized carbons (Fsp3) is 0.875. The van der Waals surface area contributed by atoms with E-state index in [2.05, 4.69) is 4.74 Å². The molecular weight excluding hydrogens is 227 g/mol. The average Bonchev–Trinajstić information content (AvgIpc) is 2.66. The zero-order valence-electron chi connectivity index (χ0n) is 8.27. The zero-order valence-corrected chi connectivity index (χ0v) is 9.09. The van der Waals surface area contributed by atoms with Gasteiger partial charge in [-0.2, -0.15) is 8.42 Å². The van der Waals surface area contributed by atoms with Crippen LogP contribution >= 0.6 is 0 Å². The third-order valence-electron chi connectivity index (χ3n) is 2.72. The van der Waals surface area contributed by atoms with Gasteiger partial charge in [0.2, 0.25) is 0 Å². The molecule has 1 fully saturated rings. The molecule has 0 bridgehead atoms. The summed E-state index contributed by atoms with van der Waals surface area (Å²) < 4.78 is 48.8. The smallest absolute Gasteiger partial charge is 0.362 e. The Hall–Kier alpha value is -0.690. The van der Waals surface area contributed by atoms with Crippen LogP contribution in [0.4, 0.5) is 4.39 Å². The van der Waals surface area contributed by atoms with Crippen molar-refractivity contribution in [3.05, 3.63) is 0 Å². The molecule has 0 amide bonds. The summed E-state index contributed by atoms with van der Waals surface area (Å²) in [5, 5.41) is -3.31. The van der Waals surface area contributed by atoms with Crippen LogP contribution in [0.15, 0.2) is 0 Å². The first kappa shape index (κ1) is 12.4. The van der Waals surface area contributed by atoms with E-state index in [9.17, 15) is 17.6 Å². The molecule has 15 heavy (non-hydrogen) atoms. The zero-order chi connectivity index (χ0) is 11.7. The summed E-state index contributed by atoms with van der Waals surface area (Å²) in [6, 6.07) is 0. The van der Waals surface area contributed by atoms with Gasteiger partial charge in [0.05, 0.1) is 7.11 Å². The largest absolute Gasteiger partial charge is 0.466 e. The molecule has 1 aliphatic carbocycles. The van der Waals surface area contributed by atoms with E-state index >= 15 is 0 Å². The Kier molecular flexibility index (Phi) is 3.34. The van der Waals surface area contributed by atoms with Crippen molar-refractivity contribution >= 4 is 16.1 Å². The van der Waals surface area contributed by atoms with Crippen molar-refractivity contribution < 1.29 is 26.9 Å². The number of hydrogen-bond acceptors (Lipinski definition) is 4. The van der Waals surface area contributed by atoms with Gasteiger partial charge in [0.1, 0.15) is 0 Å². The fourth-order valence-electron chi connectivity index (χ4n) is 1.92. The third-order valence-corrected chi connectivity index (χ3v) is 3.97. The predicted octanol–water partition coefficient (Wildman–Crippen LogP) is 0.903. The van der Waals surface area contributed by atoms with E-state index in [-0.39, 0.29) is 12.8 Å². The number of carbonyl (C=O) groups excluding carboxylic acids is 1. The van der Waals surface area contributed by atoms with Crippen molar-refractivity contribution in [1.82, 2.24) is 0 Å². The molecule has 1 atom stereocenters. The summed E-state index contributed by atoms with van der Waals surface area (Å²) in [6.07, 6.45) is 1.79. The number of halogens is 1. The normalized spacial score (nSPS) is 22.3. The molecular formula is C8H13FO5S. The number of alkyl halides is 1. The standard InChI is InChI=1S/C8H13FO5S/c1-14-7(10)8(9,15(11,12)13)6-4-2-3-5-6/h6H,2-5H2,1H3,(H,11,12,13). The van der Waals surface area contributed by atoms with Crippen molar-refractivity contribution in [3.63, 3.8) is 0 Å². The number of carbonyl (C=O) groups is 1.